The standard InChI is InChI=1S/C23H20F3NO2/c1-5-13(2)8-16(12-27)18-7-6-15(23(28)29-4)9-19(18)14(3)22-20(25)10-17(24)11-21(22)26/h6-11,13H,3,5H2,1-2,4H3/b16-8-. The van der Waals surface area contributed by atoms with Crippen molar-refractivity contribution in [2.24, 2.45) is 5.92 Å². The van der Waals surface area contributed by atoms with E-state index in [1.165, 1.54) is 25.3 Å². The molecule has 2 aromatic rings. The monoisotopic (exact) mass is 399 g/mol. The van der Waals surface area contributed by atoms with Crippen LogP contribution in [0.2, 0.25) is 0 Å². The van der Waals surface area contributed by atoms with Gasteiger partial charge < -0.3 is 4.74 Å². The van der Waals surface area contributed by atoms with Gasteiger partial charge in [-0.05, 0) is 34.8 Å². The van der Waals surface area contributed by atoms with Crippen molar-refractivity contribution in [2.45, 2.75) is 20.3 Å². The fraction of sp³-hybridized carbons (Fsp3) is 0.217. The Kier molecular flexibility index (Phi) is 7.00. The van der Waals surface area contributed by atoms with E-state index >= 15 is 0 Å². The summed E-state index contributed by atoms with van der Waals surface area (Å²) in [7, 11) is 1.20. The van der Waals surface area contributed by atoms with Crippen LogP contribution in [0.15, 0.2) is 43.0 Å². The summed E-state index contributed by atoms with van der Waals surface area (Å²) in [5.41, 5.74) is 0.273. The summed E-state index contributed by atoms with van der Waals surface area (Å²) in [6, 6.07) is 7.50. The van der Waals surface area contributed by atoms with E-state index in [9.17, 15) is 23.2 Å². The van der Waals surface area contributed by atoms with Gasteiger partial charge in [-0.25, -0.2) is 18.0 Å². The number of esters is 1. The Balaban J connectivity index is 2.76. The van der Waals surface area contributed by atoms with Crippen molar-refractivity contribution < 1.29 is 22.7 Å². The quantitative estimate of drug-likeness (QED) is 0.448. The Morgan fingerprint density at radius 2 is 1.83 bits per heavy atom. The van der Waals surface area contributed by atoms with Gasteiger partial charge in [0.2, 0.25) is 0 Å². The minimum absolute atomic E-state index is 0.0744. The molecular formula is C23H20F3NO2. The molecule has 2 aromatic carbocycles. The molecule has 150 valence electrons. The zero-order chi connectivity index (χ0) is 21.7. The Labute approximate surface area is 167 Å². The Morgan fingerprint density at radius 3 is 2.34 bits per heavy atom. The zero-order valence-electron chi connectivity index (χ0n) is 16.4. The number of rotatable bonds is 6. The van der Waals surface area contributed by atoms with Gasteiger partial charge in [0.05, 0.1) is 29.9 Å². The molecule has 29 heavy (non-hydrogen) atoms. The molecular weight excluding hydrogens is 379 g/mol. The van der Waals surface area contributed by atoms with Gasteiger partial charge in [0.15, 0.2) is 0 Å². The van der Waals surface area contributed by atoms with Gasteiger partial charge in [0, 0.05) is 12.1 Å². The third-order valence-corrected chi connectivity index (χ3v) is 4.58. The van der Waals surface area contributed by atoms with E-state index in [1.54, 1.807) is 6.08 Å². The lowest BCUT2D eigenvalue weighted by Crippen LogP contribution is -2.05. The van der Waals surface area contributed by atoms with E-state index in [2.05, 4.69) is 12.6 Å². The van der Waals surface area contributed by atoms with Crippen LogP contribution in [-0.2, 0) is 4.74 Å². The predicted molar refractivity (Wildman–Crippen MR) is 105 cm³/mol. The average Bonchev–Trinajstić information content (AvgIpc) is 2.69. The highest BCUT2D eigenvalue weighted by atomic mass is 19.1. The molecule has 6 heteroatoms. The highest BCUT2D eigenvalue weighted by Gasteiger charge is 2.21. The summed E-state index contributed by atoms with van der Waals surface area (Å²) in [6.45, 7) is 7.64. The molecule has 2 rings (SSSR count). The molecule has 0 aliphatic rings. The lowest BCUT2D eigenvalue weighted by atomic mass is 9.88. The van der Waals surface area contributed by atoms with Crippen LogP contribution in [0.5, 0.6) is 0 Å². The number of hydrogen-bond donors (Lipinski definition) is 0. The molecule has 0 bridgehead atoms. The maximum Gasteiger partial charge on any atom is 0.337 e. The number of carbonyl (C=O) groups excluding carboxylic acids is 1. The van der Waals surface area contributed by atoms with Gasteiger partial charge in [0.25, 0.3) is 0 Å². The molecule has 0 N–H and O–H groups in total. The van der Waals surface area contributed by atoms with Crippen LogP contribution in [-0.4, -0.2) is 13.1 Å². The Bertz CT molecular complexity index is 1010. The lowest BCUT2D eigenvalue weighted by molar-refractivity contribution is 0.0600. The first-order valence-corrected chi connectivity index (χ1v) is 8.92. The van der Waals surface area contributed by atoms with E-state index in [0.717, 1.165) is 6.42 Å². The highest BCUT2D eigenvalue weighted by Crippen LogP contribution is 2.33. The molecule has 0 saturated carbocycles. The van der Waals surface area contributed by atoms with Crippen LogP contribution in [0.1, 0.15) is 47.3 Å². The van der Waals surface area contributed by atoms with E-state index < -0.39 is 29.0 Å². The fourth-order valence-electron chi connectivity index (χ4n) is 2.83. The number of nitrogens with zero attached hydrogens (tertiary/aromatic N) is 1. The summed E-state index contributed by atoms with van der Waals surface area (Å²) in [5, 5.41) is 9.63. The molecule has 0 aromatic heterocycles. The van der Waals surface area contributed by atoms with E-state index in [4.69, 9.17) is 4.74 Å². The van der Waals surface area contributed by atoms with Gasteiger partial charge in [-0.2, -0.15) is 5.26 Å². The second-order valence-corrected chi connectivity index (χ2v) is 6.55. The van der Waals surface area contributed by atoms with Crippen LogP contribution in [0.3, 0.4) is 0 Å². The van der Waals surface area contributed by atoms with Crippen LogP contribution in [0.25, 0.3) is 11.1 Å². The minimum Gasteiger partial charge on any atom is -0.465 e. The van der Waals surface area contributed by atoms with Gasteiger partial charge >= 0.3 is 5.97 Å². The number of nitriles is 1. The smallest absolute Gasteiger partial charge is 0.337 e. The number of allylic oxidation sites excluding steroid dienone is 2. The van der Waals surface area contributed by atoms with E-state index in [0.29, 0.717) is 17.7 Å². The fourth-order valence-corrected chi connectivity index (χ4v) is 2.83. The first-order valence-electron chi connectivity index (χ1n) is 8.92. The Hall–Kier alpha value is -3.33. The zero-order valence-corrected chi connectivity index (χ0v) is 16.4. The number of benzene rings is 2. The second-order valence-electron chi connectivity index (χ2n) is 6.55. The molecule has 3 nitrogen and oxygen atoms in total. The molecule has 0 saturated heterocycles. The maximum absolute atomic E-state index is 14.3. The largest absolute Gasteiger partial charge is 0.465 e. The molecule has 0 aliphatic heterocycles. The highest BCUT2D eigenvalue weighted by molar-refractivity contribution is 5.95. The van der Waals surface area contributed by atoms with Crippen molar-refractivity contribution in [1.82, 2.24) is 0 Å². The predicted octanol–water partition coefficient (Wildman–Crippen LogP) is 5.91. The summed E-state index contributed by atoms with van der Waals surface area (Å²) in [6.07, 6.45) is 2.52. The number of carbonyl (C=O) groups is 1. The average molecular weight is 399 g/mol. The summed E-state index contributed by atoms with van der Waals surface area (Å²) in [4.78, 5) is 11.9. The van der Waals surface area contributed by atoms with Crippen molar-refractivity contribution in [3.8, 4) is 6.07 Å². The molecule has 0 fully saturated rings. The lowest BCUT2D eigenvalue weighted by Gasteiger charge is -2.15. The third kappa shape index (κ3) is 4.75. The number of ether oxygens (including phenoxy) is 1. The summed E-state index contributed by atoms with van der Waals surface area (Å²) < 4.78 is 46.7. The van der Waals surface area contributed by atoms with E-state index in [1.807, 2.05) is 13.8 Å². The number of halogens is 3. The molecule has 0 amide bonds. The van der Waals surface area contributed by atoms with Crippen molar-refractivity contribution in [3.05, 3.63) is 82.7 Å². The van der Waals surface area contributed by atoms with Crippen molar-refractivity contribution in [1.29, 1.82) is 5.26 Å². The first-order chi connectivity index (χ1) is 13.7. The number of hydrogen-bond acceptors (Lipinski definition) is 3. The van der Waals surface area contributed by atoms with Gasteiger partial charge in [-0.3, -0.25) is 0 Å². The van der Waals surface area contributed by atoms with Crippen LogP contribution < -0.4 is 0 Å². The molecule has 1 atom stereocenters. The topological polar surface area (TPSA) is 50.1 Å². The van der Waals surface area contributed by atoms with Gasteiger partial charge in [-0.15, -0.1) is 0 Å². The van der Waals surface area contributed by atoms with Crippen molar-refractivity contribution in [2.75, 3.05) is 7.11 Å². The normalized spacial score (nSPS) is 12.2. The van der Waals surface area contributed by atoms with Crippen LogP contribution in [0, 0.1) is 34.7 Å². The molecule has 0 spiro atoms. The Morgan fingerprint density at radius 1 is 1.21 bits per heavy atom. The molecule has 1 unspecified atom stereocenters. The summed E-state index contributed by atoms with van der Waals surface area (Å²) >= 11 is 0. The van der Waals surface area contributed by atoms with E-state index in [-0.39, 0.29) is 28.2 Å². The van der Waals surface area contributed by atoms with Crippen molar-refractivity contribution >= 4 is 17.1 Å². The second kappa shape index (κ2) is 9.24. The minimum atomic E-state index is -1.13. The van der Waals surface area contributed by atoms with Gasteiger partial charge in [0.1, 0.15) is 17.5 Å². The maximum atomic E-state index is 14.3. The first kappa shape index (κ1) is 22.0. The number of methoxy groups -OCH3 is 1. The van der Waals surface area contributed by atoms with Crippen LogP contribution >= 0.6 is 0 Å². The van der Waals surface area contributed by atoms with Crippen LogP contribution in [0.4, 0.5) is 13.2 Å². The van der Waals surface area contributed by atoms with Gasteiger partial charge in [-0.1, -0.05) is 39.0 Å². The molecule has 0 heterocycles. The molecule has 0 radical (unpaired) electrons. The SMILES string of the molecule is C=C(c1cc(C(=O)OC)ccc1/C(C#N)=C\C(C)CC)c1c(F)cc(F)cc1F. The molecule has 0 aliphatic carbocycles. The third-order valence-electron chi connectivity index (χ3n) is 4.58. The van der Waals surface area contributed by atoms with Crippen molar-refractivity contribution in [3.63, 3.8) is 0 Å². The summed E-state index contributed by atoms with van der Waals surface area (Å²) in [5.74, 6) is -3.91.